The molecule has 0 saturated heterocycles. The lowest BCUT2D eigenvalue weighted by Gasteiger charge is -2.13. The molecule has 2 nitrogen and oxygen atoms in total. The predicted molar refractivity (Wildman–Crippen MR) is 78.7 cm³/mol. The molecule has 0 amide bonds. The van der Waals surface area contributed by atoms with E-state index in [9.17, 15) is 8.78 Å². The van der Waals surface area contributed by atoms with E-state index < -0.39 is 11.6 Å². The van der Waals surface area contributed by atoms with Crippen molar-refractivity contribution in [2.45, 2.75) is 12.5 Å². The molecule has 0 aliphatic rings. The summed E-state index contributed by atoms with van der Waals surface area (Å²) in [6.45, 7) is 0. The van der Waals surface area contributed by atoms with Crippen molar-refractivity contribution in [1.82, 2.24) is 4.98 Å². The third-order valence-electron chi connectivity index (χ3n) is 3.44. The summed E-state index contributed by atoms with van der Waals surface area (Å²) in [5, 5.41) is 1.03. The number of pyridine rings is 1. The minimum Gasteiger partial charge on any atom is -0.324 e. The van der Waals surface area contributed by atoms with Gasteiger partial charge >= 0.3 is 0 Å². The first-order valence-corrected chi connectivity index (χ1v) is 6.67. The smallest absolute Gasteiger partial charge is 0.126 e. The molecular formula is C17H14F2N2. The maximum absolute atomic E-state index is 13.2. The van der Waals surface area contributed by atoms with Crippen LogP contribution in [0.4, 0.5) is 8.78 Å². The van der Waals surface area contributed by atoms with Crippen LogP contribution in [0.1, 0.15) is 17.2 Å². The standard InChI is InChI=1S/C17H14F2N2/c18-14-6-11(7-15(19)10-14)8-16(20)13-4-3-12-2-1-5-21-17(12)9-13/h1-7,9-10,16H,8,20H2. The Morgan fingerprint density at radius 1 is 1.00 bits per heavy atom. The molecule has 21 heavy (non-hydrogen) atoms. The van der Waals surface area contributed by atoms with Crippen molar-refractivity contribution in [3.05, 3.63) is 77.5 Å². The molecule has 0 bridgehead atoms. The van der Waals surface area contributed by atoms with Crippen LogP contribution in [0.5, 0.6) is 0 Å². The minimum absolute atomic E-state index is 0.336. The molecular weight excluding hydrogens is 270 g/mol. The second-order valence-corrected chi connectivity index (χ2v) is 5.04. The Balaban J connectivity index is 1.87. The van der Waals surface area contributed by atoms with Crippen LogP contribution in [0.15, 0.2) is 54.7 Å². The first kappa shape index (κ1) is 13.6. The number of hydrogen-bond acceptors (Lipinski definition) is 2. The van der Waals surface area contributed by atoms with E-state index in [1.807, 2.05) is 30.3 Å². The molecule has 0 aliphatic heterocycles. The number of aromatic nitrogens is 1. The van der Waals surface area contributed by atoms with Crippen LogP contribution in [0.25, 0.3) is 10.9 Å². The summed E-state index contributed by atoms with van der Waals surface area (Å²) in [5.74, 6) is -1.17. The maximum atomic E-state index is 13.2. The number of nitrogens with two attached hydrogens (primary N) is 1. The first-order chi connectivity index (χ1) is 10.1. The van der Waals surface area contributed by atoms with Crippen LogP contribution >= 0.6 is 0 Å². The molecule has 1 aromatic heterocycles. The van der Waals surface area contributed by atoms with E-state index in [1.54, 1.807) is 6.20 Å². The molecule has 0 aliphatic carbocycles. The van der Waals surface area contributed by atoms with Crippen molar-refractivity contribution in [3.63, 3.8) is 0 Å². The molecule has 0 fully saturated rings. The molecule has 1 heterocycles. The lowest BCUT2D eigenvalue weighted by molar-refractivity contribution is 0.576. The van der Waals surface area contributed by atoms with Gasteiger partial charge in [-0.2, -0.15) is 0 Å². The van der Waals surface area contributed by atoms with E-state index >= 15 is 0 Å². The molecule has 106 valence electrons. The summed E-state index contributed by atoms with van der Waals surface area (Å²) >= 11 is 0. The average molecular weight is 284 g/mol. The fraction of sp³-hybridized carbons (Fsp3) is 0.118. The fourth-order valence-electron chi connectivity index (χ4n) is 2.41. The van der Waals surface area contributed by atoms with Crippen molar-refractivity contribution in [1.29, 1.82) is 0 Å². The Labute approximate surface area is 121 Å². The van der Waals surface area contributed by atoms with E-state index in [4.69, 9.17) is 5.73 Å². The van der Waals surface area contributed by atoms with Gasteiger partial charge in [0.15, 0.2) is 0 Å². The zero-order valence-electron chi connectivity index (χ0n) is 11.3. The number of hydrogen-bond donors (Lipinski definition) is 1. The fourth-order valence-corrected chi connectivity index (χ4v) is 2.41. The third kappa shape index (κ3) is 3.06. The van der Waals surface area contributed by atoms with Crippen molar-refractivity contribution >= 4 is 10.9 Å². The average Bonchev–Trinajstić information content (AvgIpc) is 2.45. The van der Waals surface area contributed by atoms with Gasteiger partial charge in [0.2, 0.25) is 0 Å². The molecule has 2 N–H and O–H groups in total. The second-order valence-electron chi connectivity index (χ2n) is 5.04. The van der Waals surface area contributed by atoms with Gasteiger partial charge in [-0.15, -0.1) is 0 Å². The second kappa shape index (κ2) is 5.58. The van der Waals surface area contributed by atoms with Gasteiger partial charge in [0.1, 0.15) is 11.6 Å². The van der Waals surface area contributed by atoms with E-state index in [1.165, 1.54) is 12.1 Å². The van der Waals surface area contributed by atoms with Gasteiger partial charge in [0.05, 0.1) is 5.52 Å². The van der Waals surface area contributed by atoms with Crippen LogP contribution in [0.3, 0.4) is 0 Å². The Hall–Kier alpha value is -2.33. The van der Waals surface area contributed by atoms with Crippen LogP contribution in [-0.4, -0.2) is 4.98 Å². The first-order valence-electron chi connectivity index (χ1n) is 6.67. The van der Waals surface area contributed by atoms with Gasteiger partial charge in [-0.1, -0.05) is 18.2 Å². The molecule has 1 atom stereocenters. The highest BCUT2D eigenvalue weighted by Gasteiger charge is 2.10. The Morgan fingerprint density at radius 3 is 2.52 bits per heavy atom. The zero-order chi connectivity index (χ0) is 14.8. The van der Waals surface area contributed by atoms with E-state index in [-0.39, 0.29) is 6.04 Å². The van der Waals surface area contributed by atoms with Gasteiger partial charge in [-0.05, 0) is 41.8 Å². The number of benzene rings is 2. The quantitative estimate of drug-likeness (QED) is 0.795. The number of rotatable bonds is 3. The SMILES string of the molecule is NC(Cc1cc(F)cc(F)c1)c1ccc2cccnc2c1. The minimum atomic E-state index is -0.586. The highest BCUT2D eigenvalue weighted by Crippen LogP contribution is 2.21. The predicted octanol–water partition coefficient (Wildman–Crippen LogP) is 3.76. The maximum Gasteiger partial charge on any atom is 0.126 e. The van der Waals surface area contributed by atoms with Crippen LogP contribution in [-0.2, 0) is 6.42 Å². The lowest BCUT2D eigenvalue weighted by Crippen LogP contribution is -2.13. The largest absolute Gasteiger partial charge is 0.324 e. The molecule has 2 aromatic carbocycles. The summed E-state index contributed by atoms with van der Waals surface area (Å²) in [7, 11) is 0. The van der Waals surface area contributed by atoms with Crippen LogP contribution in [0, 0.1) is 11.6 Å². The Kier molecular flexibility index (Phi) is 3.62. The normalized spacial score (nSPS) is 12.5. The highest BCUT2D eigenvalue weighted by molar-refractivity contribution is 5.78. The third-order valence-corrected chi connectivity index (χ3v) is 3.44. The highest BCUT2D eigenvalue weighted by atomic mass is 19.1. The topological polar surface area (TPSA) is 38.9 Å². The monoisotopic (exact) mass is 284 g/mol. The van der Waals surface area contributed by atoms with Crippen LogP contribution in [0.2, 0.25) is 0 Å². The van der Waals surface area contributed by atoms with E-state index in [0.717, 1.165) is 22.5 Å². The van der Waals surface area contributed by atoms with Crippen molar-refractivity contribution in [2.75, 3.05) is 0 Å². The molecule has 3 rings (SSSR count). The number of halogens is 2. The van der Waals surface area contributed by atoms with Gasteiger partial charge in [0, 0.05) is 23.7 Å². The summed E-state index contributed by atoms with van der Waals surface area (Å²) in [6, 6.07) is 12.8. The number of fused-ring (bicyclic) bond motifs is 1. The zero-order valence-corrected chi connectivity index (χ0v) is 11.3. The molecule has 3 aromatic rings. The lowest BCUT2D eigenvalue weighted by atomic mass is 9.98. The summed E-state index contributed by atoms with van der Waals surface area (Å²) in [6.07, 6.45) is 2.09. The van der Waals surface area contributed by atoms with Gasteiger partial charge in [-0.25, -0.2) is 8.78 Å². The summed E-state index contributed by atoms with van der Waals surface area (Å²) < 4.78 is 26.4. The molecule has 4 heteroatoms. The van der Waals surface area contributed by atoms with Crippen molar-refractivity contribution in [2.24, 2.45) is 5.73 Å². The van der Waals surface area contributed by atoms with Crippen molar-refractivity contribution < 1.29 is 8.78 Å². The summed E-state index contributed by atoms with van der Waals surface area (Å²) in [5.41, 5.74) is 8.44. The molecule has 1 unspecified atom stereocenters. The summed E-state index contributed by atoms with van der Waals surface area (Å²) in [4.78, 5) is 4.28. The van der Waals surface area contributed by atoms with E-state index in [0.29, 0.717) is 12.0 Å². The number of nitrogens with zero attached hydrogens (tertiary/aromatic N) is 1. The van der Waals surface area contributed by atoms with Crippen molar-refractivity contribution in [3.8, 4) is 0 Å². The van der Waals surface area contributed by atoms with Gasteiger partial charge in [-0.3, -0.25) is 4.98 Å². The molecule has 0 spiro atoms. The van der Waals surface area contributed by atoms with Crippen LogP contribution < -0.4 is 5.73 Å². The van der Waals surface area contributed by atoms with Gasteiger partial charge < -0.3 is 5.73 Å². The molecule has 0 radical (unpaired) electrons. The van der Waals surface area contributed by atoms with E-state index in [2.05, 4.69) is 4.98 Å². The Bertz CT molecular complexity index is 766. The molecule has 0 saturated carbocycles. The Morgan fingerprint density at radius 2 is 1.76 bits per heavy atom. The van der Waals surface area contributed by atoms with Gasteiger partial charge in [0.25, 0.3) is 0 Å².